The fraction of sp³-hybridized carbons (Fsp3) is 0.105. The van der Waals surface area contributed by atoms with Gasteiger partial charge < -0.3 is 9.40 Å². The third-order valence-corrected chi connectivity index (χ3v) is 4.74. The van der Waals surface area contributed by atoms with Crippen LogP contribution in [0.1, 0.15) is 15.9 Å². The van der Waals surface area contributed by atoms with Crippen LogP contribution in [0.15, 0.2) is 64.4 Å². The zero-order valence-electron chi connectivity index (χ0n) is 13.5. The maximum atomic E-state index is 12.5. The summed E-state index contributed by atoms with van der Waals surface area (Å²) in [6, 6.07) is 15.6. The molecule has 0 atom stereocenters. The smallest absolute Gasteiger partial charge is 0.277 e. The molecule has 0 radical (unpaired) electrons. The standard InChI is InChI=1S/C19H15N3O2S/c1-12-6-8-13(9-7-12)18-21-22-19(24-18)25-11-17(23)15-10-20-16-5-3-2-4-14(15)16/h2-10,20H,11H2,1H3. The molecule has 2 aromatic heterocycles. The molecule has 2 heterocycles. The quantitative estimate of drug-likeness (QED) is 0.424. The Labute approximate surface area is 148 Å². The Morgan fingerprint density at radius 1 is 1.12 bits per heavy atom. The van der Waals surface area contributed by atoms with Crippen LogP contribution in [-0.2, 0) is 0 Å². The Morgan fingerprint density at radius 3 is 2.76 bits per heavy atom. The van der Waals surface area contributed by atoms with Gasteiger partial charge in [-0.3, -0.25) is 4.79 Å². The van der Waals surface area contributed by atoms with Gasteiger partial charge in [-0.15, -0.1) is 10.2 Å². The number of rotatable bonds is 5. The summed E-state index contributed by atoms with van der Waals surface area (Å²) in [5, 5.41) is 9.39. The normalized spacial score (nSPS) is 11.1. The molecule has 5 nitrogen and oxygen atoms in total. The highest BCUT2D eigenvalue weighted by Gasteiger charge is 2.15. The predicted octanol–water partition coefficient (Wildman–Crippen LogP) is 4.50. The lowest BCUT2D eigenvalue weighted by Gasteiger charge is -1.97. The number of H-pyrrole nitrogens is 1. The van der Waals surface area contributed by atoms with Gasteiger partial charge >= 0.3 is 0 Å². The van der Waals surface area contributed by atoms with Crippen molar-refractivity contribution in [1.82, 2.24) is 15.2 Å². The van der Waals surface area contributed by atoms with Crippen molar-refractivity contribution >= 4 is 28.4 Å². The van der Waals surface area contributed by atoms with Gasteiger partial charge in [-0.25, -0.2) is 0 Å². The maximum Gasteiger partial charge on any atom is 0.277 e. The minimum Gasteiger partial charge on any atom is -0.411 e. The second kappa shape index (κ2) is 6.57. The van der Waals surface area contributed by atoms with Crippen molar-refractivity contribution < 1.29 is 9.21 Å². The van der Waals surface area contributed by atoms with E-state index in [4.69, 9.17) is 4.42 Å². The number of nitrogens with one attached hydrogen (secondary N) is 1. The summed E-state index contributed by atoms with van der Waals surface area (Å²) in [7, 11) is 0. The Hall–Kier alpha value is -2.86. The van der Waals surface area contributed by atoms with Crippen molar-refractivity contribution in [3.63, 3.8) is 0 Å². The molecule has 0 amide bonds. The van der Waals surface area contributed by atoms with Crippen LogP contribution >= 0.6 is 11.8 Å². The van der Waals surface area contributed by atoms with E-state index in [9.17, 15) is 4.79 Å². The van der Waals surface area contributed by atoms with E-state index in [1.807, 2.05) is 55.5 Å². The average molecular weight is 349 g/mol. The van der Waals surface area contributed by atoms with Gasteiger partial charge in [0.1, 0.15) is 0 Å². The zero-order chi connectivity index (χ0) is 17.2. The van der Waals surface area contributed by atoms with Crippen LogP contribution in [0.2, 0.25) is 0 Å². The number of carbonyl (C=O) groups excluding carboxylic acids is 1. The van der Waals surface area contributed by atoms with Gasteiger partial charge in [0.25, 0.3) is 5.22 Å². The van der Waals surface area contributed by atoms with E-state index < -0.39 is 0 Å². The molecule has 0 unspecified atom stereocenters. The van der Waals surface area contributed by atoms with E-state index in [1.165, 1.54) is 17.3 Å². The highest BCUT2D eigenvalue weighted by atomic mass is 32.2. The molecule has 6 heteroatoms. The molecular weight excluding hydrogens is 334 g/mol. The molecule has 0 spiro atoms. The predicted molar refractivity (Wildman–Crippen MR) is 97.8 cm³/mol. The lowest BCUT2D eigenvalue weighted by molar-refractivity contribution is 0.102. The third-order valence-electron chi connectivity index (χ3n) is 3.92. The highest BCUT2D eigenvalue weighted by Crippen LogP contribution is 2.25. The first-order valence-corrected chi connectivity index (χ1v) is 8.82. The fourth-order valence-electron chi connectivity index (χ4n) is 2.59. The Bertz CT molecular complexity index is 1030. The van der Waals surface area contributed by atoms with E-state index in [-0.39, 0.29) is 11.5 Å². The van der Waals surface area contributed by atoms with Crippen molar-refractivity contribution in [1.29, 1.82) is 0 Å². The summed E-state index contributed by atoms with van der Waals surface area (Å²) in [5.41, 5.74) is 3.67. The molecule has 124 valence electrons. The monoisotopic (exact) mass is 349 g/mol. The summed E-state index contributed by atoms with van der Waals surface area (Å²) in [6.45, 7) is 2.02. The van der Waals surface area contributed by atoms with Crippen molar-refractivity contribution in [2.75, 3.05) is 5.75 Å². The van der Waals surface area contributed by atoms with Crippen molar-refractivity contribution in [3.8, 4) is 11.5 Å². The van der Waals surface area contributed by atoms with Gasteiger partial charge in [0, 0.05) is 28.2 Å². The van der Waals surface area contributed by atoms with Crippen molar-refractivity contribution in [3.05, 3.63) is 65.9 Å². The van der Waals surface area contributed by atoms with Crippen LogP contribution in [0.5, 0.6) is 0 Å². The van der Waals surface area contributed by atoms with Crippen LogP contribution in [0.3, 0.4) is 0 Å². The van der Waals surface area contributed by atoms with Crippen LogP contribution < -0.4 is 0 Å². The lowest BCUT2D eigenvalue weighted by Crippen LogP contribution is -2.01. The molecule has 0 aliphatic heterocycles. The number of nitrogens with zero attached hydrogens (tertiary/aromatic N) is 2. The fourth-order valence-corrected chi connectivity index (χ4v) is 3.23. The summed E-state index contributed by atoms with van der Waals surface area (Å²) < 4.78 is 5.65. The molecular formula is C19H15N3O2S. The highest BCUT2D eigenvalue weighted by molar-refractivity contribution is 7.99. The van der Waals surface area contributed by atoms with E-state index in [2.05, 4.69) is 15.2 Å². The Balaban J connectivity index is 1.46. The lowest BCUT2D eigenvalue weighted by atomic mass is 10.1. The number of ketones is 1. The second-order valence-corrected chi connectivity index (χ2v) is 6.63. The van der Waals surface area contributed by atoms with Crippen molar-refractivity contribution in [2.24, 2.45) is 0 Å². The number of benzene rings is 2. The van der Waals surface area contributed by atoms with Gasteiger partial charge in [-0.1, -0.05) is 47.7 Å². The van der Waals surface area contributed by atoms with Crippen LogP contribution in [0.4, 0.5) is 0 Å². The maximum absolute atomic E-state index is 12.5. The molecule has 0 saturated heterocycles. The van der Waals surface area contributed by atoms with E-state index in [0.29, 0.717) is 16.7 Å². The van der Waals surface area contributed by atoms with Gasteiger partial charge in [-0.05, 0) is 25.1 Å². The topological polar surface area (TPSA) is 71.8 Å². The van der Waals surface area contributed by atoms with Crippen LogP contribution in [-0.4, -0.2) is 26.7 Å². The number of carbonyl (C=O) groups is 1. The minimum absolute atomic E-state index is 0.0255. The molecule has 0 saturated carbocycles. The summed E-state index contributed by atoms with van der Waals surface area (Å²) in [5.74, 6) is 0.733. The first-order valence-electron chi connectivity index (χ1n) is 7.83. The number of hydrogen-bond acceptors (Lipinski definition) is 5. The minimum atomic E-state index is 0.0255. The molecule has 0 bridgehead atoms. The van der Waals surface area contributed by atoms with E-state index >= 15 is 0 Å². The average Bonchev–Trinajstić information content (AvgIpc) is 3.27. The van der Waals surface area contributed by atoms with Crippen LogP contribution in [0.25, 0.3) is 22.4 Å². The molecule has 1 N–H and O–H groups in total. The first kappa shape index (κ1) is 15.7. The van der Waals surface area contributed by atoms with E-state index in [0.717, 1.165) is 16.5 Å². The Kier molecular flexibility index (Phi) is 4.11. The van der Waals surface area contributed by atoms with Gasteiger partial charge in [0.05, 0.1) is 5.75 Å². The number of Topliss-reactive ketones (excluding diaryl/α,β-unsaturated/α-hetero) is 1. The zero-order valence-corrected chi connectivity index (χ0v) is 14.3. The van der Waals surface area contributed by atoms with Gasteiger partial charge in [-0.2, -0.15) is 0 Å². The van der Waals surface area contributed by atoms with E-state index in [1.54, 1.807) is 6.20 Å². The second-order valence-electron chi connectivity index (χ2n) is 5.70. The van der Waals surface area contributed by atoms with Crippen molar-refractivity contribution in [2.45, 2.75) is 12.1 Å². The largest absolute Gasteiger partial charge is 0.411 e. The SMILES string of the molecule is Cc1ccc(-c2nnc(SCC(=O)c3c[nH]c4ccccc34)o2)cc1. The molecule has 2 aromatic carbocycles. The first-order chi connectivity index (χ1) is 12.2. The number of fused-ring (bicyclic) bond motifs is 1. The Morgan fingerprint density at radius 2 is 1.92 bits per heavy atom. The van der Waals surface area contributed by atoms with Crippen LogP contribution in [0, 0.1) is 6.92 Å². The number of aryl methyl sites for hydroxylation is 1. The number of para-hydroxylation sites is 1. The van der Waals surface area contributed by atoms with Gasteiger partial charge in [0.15, 0.2) is 5.78 Å². The summed E-state index contributed by atoms with van der Waals surface area (Å²) in [6.07, 6.45) is 1.75. The number of thioether (sulfide) groups is 1. The number of aromatic amines is 1. The number of aromatic nitrogens is 3. The number of hydrogen-bond donors (Lipinski definition) is 1. The third kappa shape index (κ3) is 3.21. The molecule has 0 aliphatic carbocycles. The van der Waals surface area contributed by atoms with Gasteiger partial charge in [0.2, 0.25) is 5.89 Å². The molecule has 4 rings (SSSR count). The molecule has 25 heavy (non-hydrogen) atoms. The molecule has 0 fully saturated rings. The molecule has 4 aromatic rings. The summed E-state index contributed by atoms with van der Waals surface area (Å²) in [4.78, 5) is 15.6. The summed E-state index contributed by atoms with van der Waals surface area (Å²) >= 11 is 1.25. The molecule has 0 aliphatic rings.